The third-order valence-corrected chi connectivity index (χ3v) is 4.72. The van der Waals surface area contributed by atoms with Crippen LogP contribution in [0.25, 0.3) is 0 Å². The van der Waals surface area contributed by atoms with E-state index in [1.807, 2.05) is 6.92 Å². The Labute approximate surface area is 178 Å². The first-order valence-electron chi connectivity index (χ1n) is 8.36. The van der Waals surface area contributed by atoms with E-state index in [0.29, 0.717) is 41.1 Å². The third-order valence-electron chi connectivity index (χ3n) is 3.40. The van der Waals surface area contributed by atoms with Crippen LogP contribution in [0, 0.1) is 6.92 Å². The maximum absolute atomic E-state index is 12.1. The lowest BCUT2D eigenvalue weighted by Gasteiger charge is -2.16. The second-order valence-electron chi connectivity index (χ2n) is 5.62. The molecule has 1 aromatic heterocycles. The molecule has 27 heavy (non-hydrogen) atoms. The van der Waals surface area contributed by atoms with Crippen molar-refractivity contribution in [1.29, 1.82) is 0 Å². The van der Waals surface area contributed by atoms with Crippen molar-refractivity contribution >= 4 is 47.2 Å². The maximum Gasteiger partial charge on any atom is 0.389 e. The molecule has 0 radical (unpaired) electrons. The lowest BCUT2D eigenvalue weighted by molar-refractivity contribution is -0.135. The number of aryl methyl sites for hydroxylation is 1. The number of hydrogen-bond donors (Lipinski definition) is 2. The molecular formula is C16H26F3IN4O2S. The third kappa shape index (κ3) is 9.58. The zero-order valence-corrected chi connectivity index (χ0v) is 18.9. The quantitative estimate of drug-likeness (QED) is 0.176. The number of carbonyl (C=O) groups is 1. The Hall–Kier alpha value is -1.11. The van der Waals surface area contributed by atoms with E-state index in [-0.39, 0.29) is 36.4 Å². The highest BCUT2D eigenvalue weighted by Crippen LogP contribution is 2.24. The van der Waals surface area contributed by atoms with E-state index in [1.165, 1.54) is 11.3 Å². The number of nitrogens with one attached hydrogen (secondary N) is 2. The first kappa shape index (κ1) is 25.9. The van der Waals surface area contributed by atoms with Crippen LogP contribution in [0.15, 0.2) is 4.99 Å². The number of carbonyl (C=O) groups excluding carboxylic acids is 1. The van der Waals surface area contributed by atoms with E-state index in [9.17, 15) is 18.0 Å². The van der Waals surface area contributed by atoms with Crippen LogP contribution < -0.4 is 10.6 Å². The molecule has 0 amide bonds. The van der Waals surface area contributed by atoms with Gasteiger partial charge in [-0.05, 0) is 33.6 Å². The molecule has 1 aromatic rings. The summed E-state index contributed by atoms with van der Waals surface area (Å²) >= 11 is 1.25. The minimum Gasteiger partial charge on any atom is -0.462 e. The molecule has 1 unspecified atom stereocenters. The molecule has 2 N–H and O–H groups in total. The van der Waals surface area contributed by atoms with Gasteiger partial charge in [0.1, 0.15) is 9.88 Å². The summed E-state index contributed by atoms with van der Waals surface area (Å²) in [6.45, 7) is 6.03. The van der Waals surface area contributed by atoms with Gasteiger partial charge in [-0.3, -0.25) is 4.99 Å². The number of unbranched alkanes of at least 4 members (excludes halogenated alkanes) is 1. The topological polar surface area (TPSA) is 75.6 Å². The van der Waals surface area contributed by atoms with Gasteiger partial charge in [-0.1, -0.05) is 0 Å². The number of alkyl halides is 3. The van der Waals surface area contributed by atoms with E-state index in [2.05, 4.69) is 20.6 Å². The van der Waals surface area contributed by atoms with Crippen LogP contribution in [-0.2, 0) is 4.74 Å². The molecular weight excluding hydrogens is 496 g/mol. The maximum atomic E-state index is 12.1. The predicted octanol–water partition coefficient (Wildman–Crippen LogP) is 4.20. The summed E-state index contributed by atoms with van der Waals surface area (Å²) in [6, 6.07) is -0.219. The molecule has 156 valence electrons. The molecule has 0 aliphatic heterocycles. The lowest BCUT2D eigenvalue weighted by atomic mass is 10.2. The van der Waals surface area contributed by atoms with Crippen molar-refractivity contribution in [3.63, 3.8) is 0 Å². The molecule has 0 saturated carbocycles. The average Bonchev–Trinajstić information content (AvgIpc) is 2.94. The molecule has 11 heteroatoms. The van der Waals surface area contributed by atoms with Crippen LogP contribution in [0.3, 0.4) is 0 Å². The van der Waals surface area contributed by atoms with Crippen molar-refractivity contribution in [2.75, 3.05) is 20.2 Å². The first-order chi connectivity index (χ1) is 12.2. The molecule has 0 aromatic carbocycles. The number of guanidine groups is 1. The van der Waals surface area contributed by atoms with Gasteiger partial charge in [0.15, 0.2) is 5.96 Å². The van der Waals surface area contributed by atoms with Gasteiger partial charge in [0, 0.05) is 20.0 Å². The van der Waals surface area contributed by atoms with Crippen molar-refractivity contribution in [2.45, 2.75) is 52.3 Å². The van der Waals surface area contributed by atoms with Gasteiger partial charge in [0.25, 0.3) is 0 Å². The number of nitrogens with zero attached hydrogens (tertiary/aromatic N) is 2. The molecule has 1 atom stereocenters. The second-order valence-corrected chi connectivity index (χ2v) is 6.66. The van der Waals surface area contributed by atoms with Gasteiger partial charge in [0.2, 0.25) is 0 Å². The fourth-order valence-corrected chi connectivity index (χ4v) is 3.07. The highest BCUT2D eigenvalue weighted by Gasteiger charge is 2.25. The van der Waals surface area contributed by atoms with Crippen molar-refractivity contribution in [3.05, 3.63) is 15.6 Å². The summed E-state index contributed by atoms with van der Waals surface area (Å²) in [4.78, 5) is 20.8. The van der Waals surface area contributed by atoms with Crippen molar-refractivity contribution in [1.82, 2.24) is 15.6 Å². The Balaban J connectivity index is 0.00000676. The van der Waals surface area contributed by atoms with Crippen molar-refractivity contribution < 1.29 is 22.7 Å². The minimum atomic E-state index is -4.12. The van der Waals surface area contributed by atoms with E-state index < -0.39 is 18.6 Å². The average molecular weight is 522 g/mol. The van der Waals surface area contributed by atoms with E-state index in [0.717, 1.165) is 0 Å². The highest BCUT2D eigenvalue weighted by atomic mass is 127. The SMILES string of the molecule is CCOC(=O)c1sc(C(C)NC(=NC)NCCCCC(F)(F)F)nc1C.I. The zero-order valence-electron chi connectivity index (χ0n) is 15.8. The zero-order chi connectivity index (χ0) is 19.7. The van der Waals surface area contributed by atoms with E-state index in [4.69, 9.17) is 4.74 Å². The smallest absolute Gasteiger partial charge is 0.389 e. The monoisotopic (exact) mass is 522 g/mol. The van der Waals surface area contributed by atoms with Gasteiger partial charge in [-0.15, -0.1) is 35.3 Å². The van der Waals surface area contributed by atoms with Gasteiger partial charge >= 0.3 is 12.1 Å². The van der Waals surface area contributed by atoms with Crippen molar-refractivity contribution in [3.8, 4) is 0 Å². The number of aliphatic imine (C=N–C) groups is 1. The van der Waals surface area contributed by atoms with Crippen LogP contribution >= 0.6 is 35.3 Å². The van der Waals surface area contributed by atoms with Crippen LogP contribution in [0.1, 0.15) is 59.5 Å². The van der Waals surface area contributed by atoms with Crippen LogP contribution in [0.2, 0.25) is 0 Å². The van der Waals surface area contributed by atoms with Gasteiger partial charge in [-0.2, -0.15) is 13.2 Å². The molecule has 0 aliphatic carbocycles. The van der Waals surface area contributed by atoms with Gasteiger partial charge in [-0.25, -0.2) is 9.78 Å². The molecule has 0 saturated heterocycles. The molecule has 1 heterocycles. The van der Waals surface area contributed by atoms with Crippen LogP contribution in [0.4, 0.5) is 13.2 Å². The fraction of sp³-hybridized carbons (Fsp3) is 0.688. The molecule has 0 spiro atoms. The lowest BCUT2D eigenvalue weighted by Crippen LogP contribution is -2.39. The molecule has 0 aliphatic rings. The number of hydrogen-bond acceptors (Lipinski definition) is 5. The standard InChI is InChI=1S/C16H25F3N4O2S.HI/c1-5-25-14(24)12-10(2)22-13(26-12)11(3)23-15(20-4)21-9-7-6-8-16(17,18)19;/h11H,5-9H2,1-4H3,(H2,20,21,23);1H. The molecule has 1 rings (SSSR count). The summed E-state index contributed by atoms with van der Waals surface area (Å²) in [5, 5.41) is 6.79. The fourth-order valence-electron chi connectivity index (χ4n) is 2.11. The number of halogens is 4. The van der Waals surface area contributed by atoms with Gasteiger partial charge < -0.3 is 15.4 Å². The Kier molecular flexibility index (Phi) is 11.9. The number of rotatable bonds is 8. The second kappa shape index (κ2) is 12.4. The van der Waals surface area contributed by atoms with Crippen LogP contribution in [0.5, 0.6) is 0 Å². The summed E-state index contributed by atoms with van der Waals surface area (Å²) in [6.07, 6.45) is -4.45. The Morgan fingerprint density at radius 1 is 1.37 bits per heavy atom. The number of thiazole rings is 1. The van der Waals surface area contributed by atoms with Gasteiger partial charge in [0.05, 0.1) is 18.3 Å². The number of aromatic nitrogens is 1. The molecule has 6 nitrogen and oxygen atoms in total. The highest BCUT2D eigenvalue weighted by molar-refractivity contribution is 14.0. The van der Waals surface area contributed by atoms with E-state index >= 15 is 0 Å². The number of esters is 1. The molecule has 0 fully saturated rings. The normalized spacial score (nSPS) is 12.9. The summed E-state index contributed by atoms with van der Waals surface area (Å²) in [5.74, 6) is 0.0724. The van der Waals surface area contributed by atoms with Crippen molar-refractivity contribution in [2.24, 2.45) is 4.99 Å². The largest absolute Gasteiger partial charge is 0.462 e. The summed E-state index contributed by atoms with van der Waals surface area (Å²) < 4.78 is 41.3. The Morgan fingerprint density at radius 2 is 2.04 bits per heavy atom. The first-order valence-corrected chi connectivity index (χ1v) is 9.18. The number of ether oxygens (including phenoxy) is 1. The van der Waals surface area contributed by atoms with E-state index in [1.54, 1.807) is 20.9 Å². The molecule has 0 bridgehead atoms. The minimum absolute atomic E-state index is 0. The predicted molar refractivity (Wildman–Crippen MR) is 111 cm³/mol. The summed E-state index contributed by atoms with van der Waals surface area (Å²) in [5.41, 5.74) is 0.604. The Morgan fingerprint density at radius 3 is 2.59 bits per heavy atom. The van der Waals surface area contributed by atoms with Crippen LogP contribution in [-0.4, -0.2) is 43.3 Å². The summed E-state index contributed by atoms with van der Waals surface area (Å²) in [7, 11) is 1.58. The Bertz CT molecular complexity index is 623.